The maximum absolute atomic E-state index is 5.45. The predicted octanol–water partition coefficient (Wildman–Crippen LogP) is 2.44. The molecule has 0 atom stereocenters. The Hall–Kier alpha value is -1.02. The van der Waals surface area contributed by atoms with Crippen molar-refractivity contribution in [2.24, 2.45) is 5.73 Å². The molecule has 0 aliphatic heterocycles. The maximum atomic E-state index is 5.45. The van der Waals surface area contributed by atoms with E-state index in [0.29, 0.717) is 0 Å². The zero-order valence-electron chi connectivity index (χ0n) is 8.49. The number of hydrogen-bond acceptors (Lipinski definition) is 2. The lowest BCUT2D eigenvalue weighted by Crippen LogP contribution is -1.95. The van der Waals surface area contributed by atoms with Gasteiger partial charge in [-0.1, -0.05) is 31.5 Å². The molecule has 1 aromatic carbocycles. The monoisotopic (exact) mass is 181 g/mol. The Bertz CT molecular complexity index is 187. The second-order valence-electron chi connectivity index (χ2n) is 2.52. The molecule has 0 saturated carbocycles. The molecule has 0 bridgehead atoms. The van der Waals surface area contributed by atoms with Gasteiger partial charge in [0.25, 0.3) is 0 Å². The van der Waals surface area contributed by atoms with Crippen molar-refractivity contribution in [3.05, 3.63) is 30.3 Å². The highest BCUT2D eigenvalue weighted by molar-refractivity contribution is 5.20. The molecule has 1 rings (SSSR count). The Balaban J connectivity index is 0.000000671. The SMILES string of the molecule is CCCCOc1ccccc1.CN. The zero-order chi connectivity index (χ0) is 9.94. The summed E-state index contributed by atoms with van der Waals surface area (Å²) in [6.45, 7) is 2.99. The van der Waals surface area contributed by atoms with E-state index in [1.165, 1.54) is 13.5 Å². The summed E-state index contributed by atoms with van der Waals surface area (Å²) >= 11 is 0. The molecule has 13 heavy (non-hydrogen) atoms. The largest absolute Gasteiger partial charge is 0.494 e. The lowest BCUT2D eigenvalue weighted by molar-refractivity contribution is 0.309. The summed E-state index contributed by atoms with van der Waals surface area (Å²) < 4.78 is 5.45. The first-order valence-electron chi connectivity index (χ1n) is 4.69. The van der Waals surface area contributed by atoms with Gasteiger partial charge >= 0.3 is 0 Å². The third-order valence-electron chi connectivity index (χ3n) is 1.51. The van der Waals surface area contributed by atoms with E-state index in [1.54, 1.807) is 0 Å². The fraction of sp³-hybridized carbons (Fsp3) is 0.455. The van der Waals surface area contributed by atoms with Gasteiger partial charge in [0.05, 0.1) is 6.61 Å². The van der Waals surface area contributed by atoms with E-state index in [9.17, 15) is 0 Å². The standard InChI is InChI=1S/C10H14O.CH5N/c1-2-3-9-11-10-7-5-4-6-8-10;1-2/h4-8H,2-3,9H2,1H3;2H2,1H3. The van der Waals surface area contributed by atoms with Crippen molar-refractivity contribution in [2.45, 2.75) is 19.8 Å². The quantitative estimate of drug-likeness (QED) is 0.724. The molecule has 74 valence electrons. The lowest BCUT2D eigenvalue weighted by Gasteiger charge is -2.03. The summed E-state index contributed by atoms with van der Waals surface area (Å²) in [5, 5.41) is 0. The third kappa shape index (κ3) is 6.17. The molecule has 2 heteroatoms. The summed E-state index contributed by atoms with van der Waals surface area (Å²) in [4.78, 5) is 0. The number of unbranched alkanes of at least 4 members (excludes halogenated alkanes) is 1. The van der Waals surface area contributed by atoms with Crippen LogP contribution in [-0.4, -0.2) is 13.7 Å². The maximum Gasteiger partial charge on any atom is 0.119 e. The van der Waals surface area contributed by atoms with Crippen LogP contribution in [0.15, 0.2) is 30.3 Å². The molecule has 1 aromatic rings. The molecule has 0 radical (unpaired) electrons. The first-order valence-corrected chi connectivity index (χ1v) is 4.69. The Morgan fingerprint density at radius 2 is 1.77 bits per heavy atom. The molecular formula is C11H19NO. The molecule has 2 N–H and O–H groups in total. The highest BCUT2D eigenvalue weighted by Crippen LogP contribution is 2.08. The van der Waals surface area contributed by atoms with Gasteiger partial charge in [0.1, 0.15) is 5.75 Å². The van der Waals surface area contributed by atoms with Crippen LogP contribution in [0.5, 0.6) is 5.75 Å². The minimum absolute atomic E-state index is 0.834. The van der Waals surface area contributed by atoms with E-state index >= 15 is 0 Å². The first-order chi connectivity index (χ1) is 6.43. The zero-order valence-corrected chi connectivity index (χ0v) is 8.49. The Morgan fingerprint density at radius 1 is 1.15 bits per heavy atom. The number of ether oxygens (including phenoxy) is 1. The van der Waals surface area contributed by atoms with Gasteiger partial charge in [0.15, 0.2) is 0 Å². The Labute approximate surface area is 80.7 Å². The first kappa shape index (κ1) is 12.0. The van der Waals surface area contributed by atoms with Crippen molar-refractivity contribution in [1.29, 1.82) is 0 Å². The molecule has 0 unspecified atom stereocenters. The topological polar surface area (TPSA) is 35.2 Å². The second-order valence-corrected chi connectivity index (χ2v) is 2.52. The summed E-state index contributed by atoms with van der Waals surface area (Å²) in [5.74, 6) is 0.973. The van der Waals surface area contributed by atoms with Crippen LogP contribution >= 0.6 is 0 Å². The van der Waals surface area contributed by atoms with Crippen LogP contribution in [0, 0.1) is 0 Å². The molecule has 0 saturated heterocycles. The molecule has 0 aromatic heterocycles. The number of para-hydroxylation sites is 1. The highest BCUT2D eigenvalue weighted by atomic mass is 16.5. The van der Waals surface area contributed by atoms with Crippen molar-refractivity contribution in [3.8, 4) is 5.75 Å². The van der Waals surface area contributed by atoms with E-state index in [0.717, 1.165) is 18.8 Å². The fourth-order valence-corrected chi connectivity index (χ4v) is 0.851. The molecule has 0 fully saturated rings. The molecule has 0 aliphatic carbocycles. The minimum Gasteiger partial charge on any atom is -0.494 e. The van der Waals surface area contributed by atoms with E-state index < -0.39 is 0 Å². The second kappa shape index (κ2) is 9.07. The van der Waals surface area contributed by atoms with Crippen LogP contribution in [0.25, 0.3) is 0 Å². The number of nitrogens with two attached hydrogens (primary N) is 1. The Kier molecular flexibility index (Phi) is 8.36. The van der Waals surface area contributed by atoms with Gasteiger partial charge in [-0.2, -0.15) is 0 Å². The molecule has 0 heterocycles. The van der Waals surface area contributed by atoms with Crippen LogP contribution in [-0.2, 0) is 0 Å². The highest BCUT2D eigenvalue weighted by Gasteiger charge is 1.88. The lowest BCUT2D eigenvalue weighted by atomic mass is 10.3. The van der Waals surface area contributed by atoms with Crippen LogP contribution < -0.4 is 10.5 Å². The minimum atomic E-state index is 0.834. The number of benzene rings is 1. The van der Waals surface area contributed by atoms with Gasteiger partial charge in [-0.3, -0.25) is 0 Å². The number of hydrogen-bond donors (Lipinski definition) is 1. The van der Waals surface area contributed by atoms with E-state index in [2.05, 4.69) is 12.7 Å². The van der Waals surface area contributed by atoms with Crippen molar-refractivity contribution in [2.75, 3.05) is 13.7 Å². The van der Waals surface area contributed by atoms with Gasteiger partial charge < -0.3 is 10.5 Å². The third-order valence-corrected chi connectivity index (χ3v) is 1.51. The average molecular weight is 181 g/mol. The van der Waals surface area contributed by atoms with Crippen molar-refractivity contribution in [3.63, 3.8) is 0 Å². The van der Waals surface area contributed by atoms with Crippen molar-refractivity contribution in [1.82, 2.24) is 0 Å². The summed E-state index contributed by atoms with van der Waals surface area (Å²) in [5.41, 5.74) is 4.50. The van der Waals surface area contributed by atoms with Gasteiger partial charge in [-0.05, 0) is 25.6 Å². The van der Waals surface area contributed by atoms with Crippen LogP contribution in [0.1, 0.15) is 19.8 Å². The molecule has 0 aliphatic rings. The van der Waals surface area contributed by atoms with Crippen molar-refractivity contribution < 1.29 is 4.74 Å². The van der Waals surface area contributed by atoms with Gasteiger partial charge in [-0.25, -0.2) is 0 Å². The normalized spacial score (nSPS) is 8.54. The molecule has 0 spiro atoms. The Morgan fingerprint density at radius 3 is 2.31 bits per heavy atom. The summed E-state index contributed by atoms with van der Waals surface area (Å²) in [6.07, 6.45) is 2.32. The smallest absolute Gasteiger partial charge is 0.119 e. The number of rotatable bonds is 4. The van der Waals surface area contributed by atoms with Gasteiger partial charge in [-0.15, -0.1) is 0 Å². The molecular weight excluding hydrogens is 162 g/mol. The average Bonchev–Trinajstić information content (AvgIpc) is 2.23. The van der Waals surface area contributed by atoms with Gasteiger partial charge in [0, 0.05) is 0 Å². The molecule has 0 amide bonds. The molecule has 2 nitrogen and oxygen atoms in total. The predicted molar refractivity (Wildman–Crippen MR) is 57.0 cm³/mol. The summed E-state index contributed by atoms with van der Waals surface area (Å²) in [6, 6.07) is 9.93. The van der Waals surface area contributed by atoms with Crippen LogP contribution in [0.4, 0.5) is 0 Å². The van der Waals surface area contributed by atoms with Gasteiger partial charge in [0.2, 0.25) is 0 Å². The summed E-state index contributed by atoms with van der Waals surface area (Å²) in [7, 11) is 1.50. The van der Waals surface area contributed by atoms with E-state index in [-0.39, 0.29) is 0 Å². The van der Waals surface area contributed by atoms with E-state index in [1.807, 2.05) is 30.3 Å². The van der Waals surface area contributed by atoms with Crippen LogP contribution in [0.3, 0.4) is 0 Å². The fourth-order valence-electron chi connectivity index (χ4n) is 0.851. The van der Waals surface area contributed by atoms with Crippen molar-refractivity contribution >= 4 is 0 Å². The van der Waals surface area contributed by atoms with E-state index in [4.69, 9.17) is 4.74 Å². The van der Waals surface area contributed by atoms with Crippen LogP contribution in [0.2, 0.25) is 0 Å².